The molecule has 3 rings (SSSR count). The van der Waals surface area contributed by atoms with Gasteiger partial charge in [0.1, 0.15) is 6.61 Å². The van der Waals surface area contributed by atoms with Crippen LogP contribution < -0.4 is 0 Å². The number of Topliss-reactive ketones (excluding diaryl/α,β-unsaturated/α-hetero) is 1. The summed E-state index contributed by atoms with van der Waals surface area (Å²) in [6.45, 7) is 2.30. The zero-order valence-corrected chi connectivity index (χ0v) is 11.8. The minimum Gasteiger partial charge on any atom is -0.388 e. The van der Waals surface area contributed by atoms with Crippen molar-refractivity contribution in [1.29, 1.82) is 0 Å². The van der Waals surface area contributed by atoms with Crippen molar-refractivity contribution in [3.8, 4) is 0 Å². The Morgan fingerprint density at radius 3 is 2.67 bits per heavy atom. The van der Waals surface area contributed by atoms with Crippen molar-refractivity contribution in [2.24, 2.45) is 0 Å². The summed E-state index contributed by atoms with van der Waals surface area (Å²) in [5, 5.41) is 8.84. The summed E-state index contributed by atoms with van der Waals surface area (Å²) in [5.74, 6) is -0.259. The summed E-state index contributed by atoms with van der Waals surface area (Å²) >= 11 is 0. The van der Waals surface area contributed by atoms with Crippen LogP contribution in [0.1, 0.15) is 21.5 Å². The second kappa shape index (κ2) is 5.50. The number of carbonyl (C=O) groups is 1. The highest BCUT2D eigenvalue weighted by Gasteiger charge is 2.06. The van der Waals surface area contributed by atoms with Gasteiger partial charge in [0.25, 0.3) is 0 Å². The maximum absolute atomic E-state index is 11.4. The molecule has 0 bridgehead atoms. The summed E-state index contributed by atoms with van der Waals surface area (Å²) < 4.78 is 2.08. The molecule has 0 saturated carbocycles. The van der Waals surface area contributed by atoms with E-state index in [2.05, 4.69) is 34.7 Å². The Bertz CT molecular complexity index is 788. The van der Waals surface area contributed by atoms with Crippen LogP contribution in [0.5, 0.6) is 0 Å². The zero-order chi connectivity index (χ0) is 14.8. The van der Waals surface area contributed by atoms with E-state index < -0.39 is 6.61 Å². The first-order valence-corrected chi connectivity index (χ1v) is 6.82. The fourth-order valence-electron chi connectivity index (χ4n) is 2.38. The van der Waals surface area contributed by atoms with Crippen LogP contribution in [0, 0.1) is 6.92 Å². The highest BCUT2D eigenvalue weighted by molar-refractivity contribution is 5.96. The Labute approximate surface area is 122 Å². The molecule has 0 radical (unpaired) electrons. The average Bonchev–Trinajstić information content (AvgIpc) is 2.89. The molecule has 0 aliphatic rings. The number of rotatable bonds is 4. The highest BCUT2D eigenvalue weighted by Crippen LogP contribution is 2.16. The van der Waals surface area contributed by atoms with Gasteiger partial charge in [-0.05, 0) is 30.2 Å². The standard InChI is InChI=1S/C17H16N2O2/c1-12-2-7-16-15(8-12)18-11-19(16)9-13-3-5-14(6-4-13)17(21)10-20/h2-8,11,20H,9-10H2,1H3. The molecule has 4 nitrogen and oxygen atoms in total. The van der Waals surface area contributed by atoms with Crippen LogP contribution in [0.4, 0.5) is 0 Å². The third-order valence-electron chi connectivity index (χ3n) is 3.55. The molecular weight excluding hydrogens is 264 g/mol. The van der Waals surface area contributed by atoms with E-state index in [4.69, 9.17) is 5.11 Å². The summed E-state index contributed by atoms with van der Waals surface area (Å²) in [7, 11) is 0. The van der Waals surface area contributed by atoms with Gasteiger partial charge in [0.15, 0.2) is 5.78 Å². The van der Waals surface area contributed by atoms with E-state index in [1.165, 1.54) is 5.56 Å². The van der Waals surface area contributed by atoms with E-state index in [0.29, 0.717) is 12.1 Å². The van der Waals surface area contributed by atoms with Crippen molar-refractivity contribution in [1.82, 2.24) is 9.55 Å². The molecule has 3 aromatic rings. The van der Waals surface area contributed by atoms with Gasteiger partial charge >= 0.3 is 0 Å². The average molecular weight is 280 g/mol. The van der Waals surface area contributed by atoms with Crippen LogP contribution in [-0.2, 0) is 6.54 Å². The molecule has 106 valence electrons. The van der Waals surface area contributed by atoms with Crippen LogP contribution in [0.15, 0.2) is 48.8 Å². The predicted octanol–water partition coefficient (Wildman–Crippen LogP) is 2.57. The summed E-state index contributed by atoms with van der Waals surface area (Å²) in [6, 6.07) is 13.5. The summed E-state index contributed by atoms with van der Waals surface area (Å²) in [5.41, 5.74) is 4.90. The minimum atomic E-state index is -0.454. The van der Waals surface area contributed by atoms with Crippen molar-refractivity contribution < 1.29 is 9.90 Å². The van der Waals surface area contributed by atoms with Gasteiger partial charge in [-0.2, -0.15) is 0 Å². The van der Waals surface area contributed by atoms with Crippen LogP contribution >= 0.6 is 0 Å². The number of fused-ring (bicyclic) bond motifs is 1. The van der Waals surface area contributed by atoms with E-state index in [-0.39, 0.29) is 5.78 Å². The lowest BCUT2D eigenvalue weighted by atomic mass is 10.1. The van der Waals surface area contributed by atoms with Gasteiger partial charge in [-0.1, -0.05) is 30.3 Å². The number of aryl methyl sites for hydroxylation is 1. The Balaban J connectivity index is 1.86. The predicted molar refractivity (Wildman–Crippen MR) is 81.4 cm³/mol. The molecule has 0 aliphatic heterocycles. The molecule has 4 heteroatoms. The number of hydrogen-bond acceptors (Lipinski definition) is 3. The van der Waals surface area contributed by atoms with Crippen LogP contribution in [0.3, 0.4) is 0 Å². The number of aromatic nitrogens is 2. The molecule has 21 heavy (non-hydrogen) atoms. The van der Waals surface area contributed by atoms with Gasteiger partial charge in [-0.15, -0.1) is 0 Å². The Morgan fingerprint density at radius 2 is 1.95 bits per heavy atom. The number of ketones is 1. The molecule has 0 saturated heterocycles. The number of benzene rings is 2. The van der Waals surface area contributed by atoms with E-state index in [9.17, 15) is 4.79 Å². The Morgan fingerprint density at radius 1 is 1.19 bits per heavy atom. The molecular formula is C17H16N2O2. The van der Waals surface area contributed by atoms with E-state index in [1.54, 1.807) is 12.1 Å². The number of nitrogens with zero attached hydrogens (tertiary/aromatic N) is 2. The molecule has 1 heterocycles. The SMILES string of the molecule is Cc1ccc2c(c1)ncn2Cc1ccc(C(=O)CO)cc1. The van der Waals surface area contributed by atoms with Gasteiger partial charge in [-0.3, -0.25) is 4.79 Å². The van der Waals surface area contributed by atoms with Crippen LogP contribution in [-0.4, -0.2) is 27.0 Å². The first kappa shape index (κ1) is 13.5. The number of carbonyl (C=O) groups excluding carboxylic acids is 1. The second-order valence-electron chi connectivity index (χ2n) is 5.14. The van der Waals surface area contributed by atoms with Crippen LogP contribution in [0.2, 0.25) is 0 Å². The molecule has 0 aliphatic carbocycles. The fourth-order valence-corrected chi connectivity index (χ4v) is 2.38. The van der Waals surface area contributed by atoms with Crippen molar-refractivity contribution in [2.75, 3.05) is 6.61 Å². The minimum absolute atomic E-state index is 0.259. The van der Waals surface area contributed by atoms with Crippen molar-refractivity contribution in [2.45, 2.75) is 13.5 Å². The number of hydrogen-bond donors (Lipinski definition) is 1. The monoisotopic (exact) mass is 280 g/mol. The first-order chi connectivity index (χ1) is 10.2. The van der Waals surface area contributed by atoms with Crippen molar-refractivity contribution in [3.63, 3.8) is 0 Å². The first-order valence-electron chi connectivity index (χ1n) is 6.82. The zero-order valence-electron chi connectivity index (χ0n) is 11.8. The van der Waals surface area contributed by atoms with Gasteiger partial charge in [-0.25, -0.2) is 4.98 Å². The van der Waals surface area contributed by atoms with Gasteiger partial charge in [0, 0.05) is 12.1 Å². The molecule has 0 amide bonds. The number of imidazole rings is 1. The number of aliphatic hydroxyl groups excluding tert-OH is 1. The second-order valence-corrected chi connectivity index (χ2v) is 5.14. The molecule has 0 fully saturated rings. The van der Waals surface area contributed by atoms with E-state index >= 15 is 0 Å². The maximum atomic E-state index is 11.4. The quantitative estimate of drug-likeness (QED) is 0.747. The topological polar surface area (TPSA) is 55.1 Å². The lowest BCUT2D eigenvalue weighted by Crippen LogP contribution is -2.04. The van der Waals surface area contributed by atoms with E-state index in [0.717, 1.165) is 16.6 Å². The Kier molecular flexibility index (Phi) is 3.54. The lowest BCUT2D eigenvalue weighted by Gasteiger charge is -2.06. The largest absolute Gasteiger partial charge is 0.388 e. The van der Waals surface area contributed by atoms with Gasteiger partial charge in [0.2, 0.25) is 0 Å². The normalized spacial score (nSPS) is 11.0. The van der Waals surface area contributed by atoms with E-state index in [1.807, 2.05) is 18.5 Å². The lowest BCUT2D eigenvalue weighted by molar-refractivity contribution is 0.0903. The molecule has 0 spiro atoms. The molecule has 0 unspecified atom stereocenters. The smallest absolute Gasteiger partial charge is 0.188 e. The third-order valence-corrected chi connectivity index (χ3v) is 3.55. The molecule has 2 aromatic carbocycles. The fraction of sp³-hybridized carbons (Fsp3) is 0.176. The van der Waals surface area contributed by atoms with Crippen LogP contribution in [0.25, 0.3) is 11.0 Å². The molecule has 0 atom stereocenters. The van der Waals surface area contributed by atoms with Gasteiger partial charge < -0.3 is 9.67 Å². The van der Waals surface area contributed by atoms with Crippen molar-refractivity contribution in [3.05, 3.63) is 65.5 Å². The Hall–Kier alpha value is -2.46. The molecule has 1 aromatic heterocycles. The maximum Gasteiger partial charge on any atom is 0.188 e. The van der Waals surface area contributed by atoms with Crippen molar-refractivity contribution >= 4 is 16.8 Å². The molecule has 1 N–H and O–H groups in total. The third kappa shape index (κ3) is 2.71. The summed E-state index contributed by atoms with van der Waals surface area (Å²) in [6.07, 6.45) is 1.83. The number of aliphatic hydroxyl groups is 1. The van der Waals surface area contributed by atoms with Gasteiger partial charge in [0.05, 0.1) is 17.4 Å². The summed E-state index contributed by atoms with van der Waals surface area (Å²) in [4.78, 5) is 15.8. The highest BCUT2D eigenvalue weighted by atomic mass is 16.3.